The van der Waals surface area contributed by atoms with Gasteiger partial charge in [-0.2, -0.15) is 4.52 Å². The Balaban J connectivity index is 1.32. The number of hydrogen-bond donors (Lipinski definition) is 0. The number of fused-ring (bicyclic) bond motifs is 3. The first-order valence-electron chi connectivity index (χ1n) is 9.75. The number of carbonyl (C=O) groups excluding carboxylic acids is 1. The molecule has 2 aromatic carbocycles. The van der Waals surface area contributed by atoms with Gasteiger partial charge in [0.1, 0.15) is 12.1 Å². The summed E-state index contributed by atoms with van der Waals surface area (Å²) in [7, 11) is 0. The third kappa shape index (κ3) is 3.36. The highest BCUT2D eigenvalue weighted by Crippen LogP contribution is 2.27. The summed E-state index contributed by atoms with van der Waals surface area (Å²) in [5.41, 5.74) is 1.52. The van der Waals surface area contributed by atoms with Crippen molar-refractivity contribution in [3.63, 3.8) is 0 Å². The Morgan fingerprint density at radius 2 is 1.70 bits per heavy atom. The molecule has 0 aliphatic carbocycles. The van der Waals surface area contributed by atoms with Crippen molar-refractivity contribution >= 4 is 34.2 Å². The number of carbonyl (C=O) groups is 1. The Morgan fingerprint density at radius 3 is 2.47 bits per heavy atom. The molecule has 0 unspecified atom stereocenters. The summed E-state index contributed by atoms with van der Waals surface area (Å²) in [4.78, 5) is 16.5. The van der Waals surface area contributed by atoms with Crippen molar-refractivity contribution in [1.82, 2.24) is 24.7 Å². The van der Waals surface area contributed by atoms with Crippen molar-refractivity contribution < 1.29 is 9.18 Å². The van der Waals surface area contributed by atoms with Crippen LogP contribution in [0.2, 0.25) is 0 Å². The minimum absolute atomic E-state index is 0.0500. The van der Waals surface area contributed by atoms with Gasteiger partial charge in [-0.3, -0.25) is 4.79 Å². The molecule has 0 saturated carbocycles. The summed E-state index contributed by atoms with van der Waals surface area (Å²) in [6.45, 7) is 2.56. The van der Waals surface area contributed by atoms with Gasteiger partial charge in [0.05, 0.1) is 0 Å². The van der Waals surface area contributed by atoms with Crippen LogP contribution in [0.3, 0.4) is 0 Å². The Labute approximate surface area is 172 Å². The predicted molar refractivity (Wildman–Crippen MR) is 113 cm³/mol. The summed E-state index contributed by atoms with van der Waals surface area (Å²) in [5.74, 6) is 0.526. The van der Waals surface area contributed by atoms with E-state index in [0.29, 0.717) is 26.2 Å². The molecule has 0 spiro atoms. The van der Waals surface area contributed by atoms with Crippen molar-refractivity contribution in [2.45, 2.75) is 0 Å². The van der Waals surface area contributed by atoms with Crippen molar-refractivity contribution in [2.24, 2.45) is 0 Å². The van der Waals surface area contributed by atoms with Crippen LogP contribution >= 0.6 is 0 Å². The van der Waals surface area contributed by atoms with Gasteiger partial charge in [0.15, 0.2) is 11.5 Å². The topological polar surface area (TPSA) is 66.6 Å². The number of benzene rings is 2. The highest BCUT2D eigenvalue weighted by atomic mass is 19.1. The quantitative estimate of drug-likeness (QED) is 0.493. The normalized spacial score (nSPS) is 14.8. The first-order valence-corrected chi connectivity index (χ1v) is 9.75. The van der Waals surface area contributed by atoms with Crippen LogP contribution in [0.1, 0.15) is 5.56 Å². The van der Waals surface area contributed by atoms with Gasteiger partial charge < -0.3 is 9.80 Å². The van der Waals surface area contributed by atoms with Crippen LogP contribution < -0.4 is 4.90 Å². The molecule has 0 bridgehead atoms. The molecule has 5 rings (SSSR count). The molecule has 1 fully saturated rings. The van der Waals surface area contributed by atoms with E-state index in [1.807, 2.05) is 29.2 Å². The van der Waals surface area contributed by atoms with E-state index in [4.69, 9.17) is 5.10 Å². The number of piperazine rings is 1. The van der Waals surface area contributed by atoms with Gasteiger partial charge in [-0.15, -0.1) is 15.3 Å². The molecule has 0 atom stereocenters. The van der Waals surface area contributed by atoms with E-state index in [0.717, 1.165) is 27.8 Å². The van der Waals surface area contributed by atoms with Crippen LogP contribution in [0, 0.1) is 5.82 Å². The fourth-order valence-electron chi connectivity index (χ4n) is 3.73. The first-order chi connectivity index (χ1) is 14.7. The molecular formula is C22H19FN6O. The van der Waals surface area contributed by atoms with E-state index in [1.165, 1.54) is 12.1 Å². The van der Waals surface area contributed by atoms with Crippen LogP contribution in [0.4, 0.5) is 10.2 Å². The number of rotatable bonds is 3. The standard InChI is InChI=1S/C22H19FN6O/c23-17-8-5-16(6-9-17)7-10-20(30)27-11-13-28(14-12-27)22-19-4-2-1-3-18(19)21-25-24-15-29(21)26-22/h1-10,15H,11-14H2/b10-7+. The second-order valence-corrected chi connectivity index (χ2v) is 7.17. The van der Waals surface area contributed by atoms with Crippen LogP contribution in [-0.2, 0) is 4.79 Å². The van der Waals surface area contributed by atoms with Gasteiger partial charge in [-0.1, -0.05) is 36.4 Å². The minimum atomic E-state index is -0.291. The zero-order chi connectivity index (χ0) is 20.5. The van der Waals surface area contributed by atoms with Crippen molar-refractivity contribution in [3.05, 3.63) is 72.3 Å². The molecule has 1 saturated heterocycles. The molecule has 150 valence electrons. The molecule has 1 aliphatic rings. The van der Waals surface area contributed by atoms with Crippen LogP contribution in [-0.4, -0.2) is 56.8 Å². The van der Waals surface area contributed by atoms with Gasteiger partial charge in [-0.25, -0.2) is 4.39 Å². The van der Waals surface area contributed by atoms with E-state index in [2.05, 4.69) is 15.1 Å². The SMILES string of the molecule is O=C(/C=C/c1ccc(F)cc1)N1CCN(c2nn3cnnc3c3ccccc23)CC1. The number of halogens is 1. The van der Waals surface area contributed by atoms with Gasteiger partial charge >= 0.3 is 0 Å². The van der Waals surface area contributed by atoms with Gasteiger partial charge in [-0.05, 0) is 23.8 Å². The lowest BCUT2D eigenvalue weighted by atomic mass is 10.1. The molecule has 8 heteroatoms. The minimum Gasteiger partial charge on any atom is -0.351 e. The zero-order valence-corrected chi connectivity index (χ0v) is 16.1. The molecule has 1 amide bonds. The van der Waals surface area contributed by atoms with E-state index in [1.54, 1.807) is 35.1 Å². The van der Waals surface area contributed by atoms with Crippen LogP contribution in [0.5, 0.6) is 0 Å². The molecule has 2 aromatic heterocycles. The number of amides is 1. The van der Waals surface area contributed by atoms with Crippen LogP contribution in [0.25, 0.3) is 22.5 Å². The number of aromatic nitrogens is 4. The van der Waals surface area contributed by atoms with E-state index in [-0.39, 0.29) is 11.7 Å². The van der Waals surface area contributed by atoms with Gasteiger partial charge in [0.2, 0.25) is 5.91 Å². The third-order valence-electron chi connectivity index (χ3n) is 5.32. The van der Waals surface area contributed by atoms with E-state index >= 15 is 0 Å². The van der Waals surface area contributed by atoms with Crippen LogP contribution in [0.15, 0.2) is 60.9 Å². The Morgan fingerprint density at radius 1 is 0.967 bits per heavy atom. The molecule has 4 aromatic rings. The summed E-state index contributed by atoms with van der Waals surface area (Å²) < 4.78 is 14.7. The fourth-order valence-corrected chi connectivity index (χ4v) is 3.73. The van der Waals surface area contributed by atoms with E-state index in [9.17, 15) is 9.18 Å². The average molecular weight is 402 g/mol. The van der Waals surface area contributed by atoms with Crippen molar-refractivity contribution in [3.8, 4) is 0 Å². The van der Waals surface area contributed by atoms with E-state index < -0.39 is 0 Å². The summed E-state index contributed by atoms with van der Waals surface area (Å²) >= 11 is 0. The summed E-state index contributed by atoms with van der Waals surface area (Å²) in [6.07, 6.45) is 4.86. The lowest BCUT2D eigenvalue weighted by molar-refractivity contribution is -0.126. The Hall–Kier alpha value is -3.81. The highest BCUT2D eigenvalue weighted by molar-refractivity contribution is 6.00. The van der Waals surface area contributed by atoms with Crippen molar-refractivity contribution in [1.29, 1.82) is 0 Å². The lowest BCUT2D eigenvalue weighted by Crippen LogP contribution is -2.48. The average Bonchev–Trinajstić information content (AvgIpc) is 3.27. The number of hydrogen-bond acceptors (Lipinski definition) is 5. The molecule has 30 heavy (non-hydrogen) atoms. The third-order valence-corrected chi connectivity index (χ3v) is 5.32. The first kappa shape index (κ1) is 18.2. The molecule has 0 N–H and O–H groups in total. The van der Waals surface area contributed by atoms with Crippen molar-refractivity contribution in [2.75, 3.05) is 31.1 Å². The lowest BCUT2D eigenvalue weighted by Gasteiger charge is -2.35. The Kier molecular flexibility index (Phi) is 4.59. The monoisotopic (exact) mass is 402 g/mol. The highest BCUT2D eigenvalue weighted by Gasteiger charge is 2.23. The maximum absolute atomic E-state index is 13.0. The summed E-state index contributed by atoms with van der Waals surface area (Å²) in [5, 5.41) is 14.9. The fraction of sp³-hybridized carbons (Fsp3) is 0.182. The second-order valence-electron chi connectivity index (χ2n) is 7.17. The van der Waals surface area contributed by atoms with Gasteiger partial charge in [0, 0.05) is 43.0 Å². The maximum Gasteiger partial charge on any atom is 0.246 e. The zero-order valence-electron chi connectivity index (χ0n) is 16.1. The molecular weight excluding hydrogens is 383 g/mol. The summed E-state index contributed by atoms with van der Waals surface area (Å²) in [6, 6.07) is 14.1. The predicted octanol–water partition coefficient (Wildman–Crippen LogP) is 2.78. The molecule has 7 nitrogen and oxygen atoms in total. The molecule has 1 aliphatic heterocycles. The maximum atomic E-state index is 13.0. The molecule has 0 radical (unpaired) electrons. The smallest absolute Gasteiger partial charge is 0.246 e. The number of anilines is 1. The Bertz CT molecular complexity index is 1240. The second kappa shape index (κ2) is 7.55. The number of nitrogens with zero attached hydrogens (tertiary/aromatic N) is 6. The van der Waals surface area contributed by atoms with Gasteiger partial charge in [0.25, 0.3) is 0 Å². The molecule has 3 heterocycles. The largest absolute Gasteiger partial charge is 0.351 e.